The van der Waals surface area contributed by atoms with Gasteiger partial charge in [0.1, 0.15) is 11.5 Å². The summed E-state index contributed by atoms with van der Waals surface area (Å²) in [6.45, 7) is 22.2. The molecule has 0 aromatic heterocycles. The third kappa shape index (κ3) is 13.7. The van der Waals surface area contributed by atoms with E-state index in [1.165, 1.54) is 12.2 Å². The van der Waals surface area contributed by atoms with Crippen LogP contribution in [0, 0.1) is 21.7 Å². The molecule has 0 atom stereocenters. The van der Waals surface area contributed by atoms with Gasteiger partial charge in [0.15, 0.2) is 11.6 Å². The third-order valence-electron chi connectivity index (χ3n) is 3.55. The van der Waals surface area contributed by atoms with Crippen molar-refractivity contribution in [3.05, 3.63) is 23.7 Å². The molecule has 0 saturated carbocycles. The Morgan fingerprint density at radius 1 is 0.519 bits per heavy atom. The average molecular weight is 427 g/mol. The fourth-order valence-electron chi connectivity index (χ4n) is 1.11. The summed E-state index contributed by atoms with van der Waals surface area (Å²) in [6.07, 6.45) is 2.67. The molecule has 2 N–H and O–H groups in total. The van der Waals surface area contributed by atoms with Gasteiger partial charge in [-0.1, -0.05) is 83.1 Å². The van der Waals surface area contributed by atoms with Gasteiger partial charge < -0.3 is 10.2 Å². The maximum atomic E-state index is 11.5. The Hall–Kier alpha value is -1.09. The van der Waals surface area contributed by atoms with E-state index in [-0.39, 0.29) is 50.4 Å². The Morgan fingerprint density at radius 3 is 0.815 bits per heavy atom. The van der Waals surface area contributed by atoms with Crippen LogP contribution in [0.3, 0.4) is 0 Å². The molecular formula is C22H40NiO4. The Labute approximate surface area is 176 Å². The zero-order valence-electron chi connectivity index (χ0n) is 19.2. The summed E-state index contributed by atoms with van der Waals surface area (Å²) in [4.78, 5) is 23.0. The molecule has 0 aliphatic rings. The van der Waals surface area contributed by atoms with Crippen molar-refractivity contribution in [1.29, 1.82) is 0 Å². The van der Waals surface area contributed by atoms with Crippen molar-refractivity contribution in [2.24, 2.45) is 21.7 Å². The van der Waals surface area contributed by atoms with Gasteiger partial charge in [-0.3, -0.25) is 9.59 Å². The maximum absolute atomic E-state index is 11.5. The summed E-state index contributed by atoms with van der Waals surface area (Å²) in [6, 6.07) is 0. The topological polar surface area (TPSA) is 74.6 Å². The Balaban J connectivity index is -0.000000411. The van der Waals surface area contributed by atoms with Crippen LogP contribution in [0.1, 0.15) is 83.1 Å². The van der Waals surface area contributed by atoms with Crippen molar-refractivity contribution in [2.45, 2.75) is 83.1 Å². The van der Waals surface area contributed by atoms with E-state index in [0.29, 0.717) is 0 Å². The number of hydrogen-bond acceptors (Lipinski definition) is 4. The van der Waals surface area contributed by atoms with E-state index in [0.717, 1.165) is 0 Å². The normalized spacial score (nSPS) is 13.9. The molecule has 0 saturated heterocycles. The van der Waals surface area contributed by atoms with Crippen LogP contribution >= 0.6 is 0 Å². The number of hydrogen-bond donors (Lipinski definition) is 2. The predicted octanol–water partition coefficient (Wildman–Crippen LogP) is 6.18. The number of ketones is 2. The van der Waals surface area contributed by atoms with Crippen LogP contribution in [0.15, 0.2) is 23.7 Å². The second kappa shape index (κ2) is 10.5. The van der Waals surface area contributed by atoms with Crippen LogP contribution in [-0.2, 0) is 26.1 Å². The van der Waals surface area contributed by atoms with Gasteiger partial charge in [-0.2, -0.15) is 0 Å². The molecule has 0 amide bonds. The van der Waals surface area contributed by atoms with Gasteiger partial charge in [0.2, 0.25) is 0 Å². The molecule has 0 aliphatic heterocycles. The molecule has 0 aliphatic carbocycles. The van der Waals surface area contributed by atoms with Crippen LogP contribution < -0.4 is 0 Å². The summed E-state index contributed by atoms with van der Waals surface area (Å²) in [5.74, 6) is 0.208. The van der Waals surface area contributed by atoms with Gasteiger partial charge in [-0.25, -0.2) is 0 Å². The first-order valence-electron chi connectivity index (χ1n) is 9.01. The van der Waals surface area contributed by atoms with Crippen molar-refractivity contribution in [3.8, 4) is 0 Å². The van der Waals surface area contributed by atoms with Crippen molar-refractivity contribution >= 4 is 11.6 Å². The average Bonchev–Trinajstić information content (AvgIpc) is 2.34. The Morgan fingerprint density at radius 2 is 0.704 bits per heavy atom. The second-order valence-corrected chi connectivity index (χ2v) is 10.8. The van der Waals surface area contributed by atoms with Crippen LogP contribution in [0.2, 0.25) is 0 Å². The van der Waals surface area contributed by atoms with E-state index in [9.17, 15) is 19.8 Å². The number of aliphatic hydroxyl groups is 2. The quantitative estimate of drug-likeness (QED) is 0.314. The fraction of sp³-hybridized carbons (Fsp3) is 0.727. The number of rotatable bonds is 2. The molecule has 0 radical (unpaired) electrons. The summed E-state index contributed by atoms with van der Waals surface area (Å²) in [5, 5.41) is 19.1. The van der Waals surface area contributed by atoms with Crippen molar-refractivity contribution in [2.75, 3.05) is 0 Å². The third-order valence-corrected chi connectivity index (χ3v) is 3.55. The van der Waals surface area contributed by atoms with E-state index in [1.807, 2.05) is 83.1 Å². The molecule has 162 valence electrons. The minimum atomic E-state index is -0.417. The molecule has 0 bridgehead atoms. The first-order valence-corrected chi connectivity index (χ1v) is 9.01. The summed E-state index contributed by atoms with van der Waals surface area (Å²) < 4.78 is 0. The molecular weight excluding hydrogens is 387 g/mol. The van der Waals surface area contributed by atoms with Gasteiger partial charge in [0, 0.05) is 50.3 Å². The van der Waals surface area contributed by atoms with Crippen LogP contribution in [-0.4, -0.2) is 21.8 Å². The predicted molar refractivity (Wildman–Crippen MR) is 109 cm³/mol. The monoisotopic (exact) mass is 426 g/mol. The standard InChI is InChI=1S/2C11H20O2.Ni/c2*1-10(2,3)8(12)7-9(13)11(4,5)6;/h2*7,12H,1-6H3;/b2*8-7+;. The molecule has 0 unspecified atom stereocenters. The molecule has 0 rings (SSSR count). The summed E-state index contributed by atoms with van der Waals surface area (Å²) >= 11 is 0. The fourth-order valence-corrected chi connectivity index (χ4v) is 1.11. The number of aliphatic hydroxyl groups excluding tert-OH is 2. The first-order chi connectivity index (χ1) is 11.1. The molecule has 0 aromatic carbocycles. The maximum Gasteiger partial charge on any atom is 0.164 e. The zero-order chi connectivity index (χ0) is 21.7. The molecule has 27 heavy (non-hydrogen) atoms. The minimum absolute atomic E-state index is 0. The van der Waals surface area contributed by atoms with Gasteiger partial charge in [0.05, 0.1) is 0 Å². The SMILES string of the molecule is CC(C)(C)C(=O)/C=C(/O)C(C)(C)C.CC(C)(C)C(=O)/C=C(/O)C(C)(C)C.[Ni]. The van der Waals surface area contributed by atoms with E-state index in [4.69, 9.17) is 0 Å². The molecule has 0 heterocycles. The summed E-state index contributed by atoms with van der Waals surface area (Å²) in [5.41, 5.74) is -1.53. The van der Waals surface area contributed by atoms with E-state index in [1.54, 1.807) is 0 Å². The van der Waals surface area contributed by atoms with Gasteiger partial charge >= 0.3 is 0 Å². The number of carbonyl (C=O) groups is 2. The van der Waals surface area contributed by atoms with E-state index < -0.39 is 10.8 Å². The first kappa shape index (κ1) is 30.6. The molecule has 0 fully saturated rings. The smallest absolute Gasteiger partial charge is 0.164 e. The van der Waals surface area contributed by atoms with Gasteiger partial charge in [-0.15, -0.1) is 0 Å². The van der Waals surface area contributed by atoms with Gasteiger partial charge in [-0.05, 0) is 0 Å². The van der Waals surface area contributed by atoms with Crippen molar-refractivity contribution < 1.29 is 36.3 Å². The molecule has 0 aromatic rings. The van der Waals surface area contributed by atoms with Crippen LogP contribution in [0.5, 0.6) is 0 Å². The van der Waals surface area contributed by atoms with Crippen molar-refractivity contribution in [1.82, 2.24) is 0 Å². The van der Waals surface area contributed by atoms with Gasteiger partial charge in [0.25, 0.3) is 0 Å². The minimum Gasteiger partial charge on any atom is -0.512 e. The largest absolute Gasteiger partial charge is 0.512 e. The molecule has 0 spiro atoms. The Kier molecular flexibility index (Phi) is 11.9. The Bertz CT molecular complexity index is 505. The number of carbonyl (C=O) groups excluding carboxylic acids is 2. The molecule has 4 nitrogen and oxygen atoms in total. The van der Waals surface area contributed by atoms with Crippen LogP contribution in [0.25, 0.3) is 0 Å². The second-order valence-electron chi connectivity index (χ2n) is 10.8. The zero-order valence-corrected chi connectivity index (χ0v) is 20.2. The number of allylic oxidation sites excluding steroid dienone is 4. The van der Waals surface area contributed by atoms with E-state index in [2.05, 4.69) is 0 Å². The molecule has 5 heteroatoms. The van der Waals surface area contributed by atoms with E-state index >= 15 is 0 Å². The van der Waals surface area contributed by atoms with Crippen LogP contribution in [0.4, 0.5) is 0 Å². The van der Waals surface area contributed by atoms with Crippen molar-refractivity contribution in [3.63, 3.8) is 0 Å². The summed E-state index contributed by atoms with van der Waals surface area (Å²) in [7, 11) is 0.